The van der Waals surface area contributed by atoms with Crippen molar-refractivity contribution < 1.29 is 23.9 Å². The number of methoxy groups -OCH3 is 1. The van der Waals surface area contributed by atoms with Gasteiger partial charge in [0, 0.05) is 27.0 Å². The largest absolute Gasteiger partial charge is 0.357 e. The molecule has 0 spiro atoms. The van der Waals surface area contributed by atoms with Crippen LogP contribution in [0.2, 0.25) is 0 Å². The van der Waals surface area contributed by atoms with Crippen LogP contribution in [0.1, 0.15) is 25.8 Å². The van der Waals surface area contributed by atoms with E-state index >= 15 is 0 Å². The number of hydrogen-bond donors (Lipinski definition) is 3. The molecule has 0 radical (unpaired) electrons. The third-order valence-electron chi connectivity index (χ3n) is 3.99. The Balaban J connectivity index is 3.10. The summed E-state index contributed by atoms with van der Waals surface area (Å²) in [6.07, 6.45) is 0.456. The number of likely N-dealkylation sites (N-methyl/N-ethyl adjacent to an activating group) is 1. The molecule has 148 valence electrons. The molecule has 1 aromatic carbocycles. The number of hydrogen-bond acceptors (Lipinski definition) is 5. The van der Waals surface area contributed by atoms with Crippen LogP contribution < -0.4 is 16.0 Å². The van der Waals surface area contributed by atoms with Crippen molar-refractivity contribution in [1.82, 2.24) is 16.0 Å². The molecule has 8 heteroatoms. The summed E-state index contributed by atoms with van der Waals surface area (Å²) in [5.41, 5.74) is -0.898. The maximum absolute atomic E-state index is 13.0. The molecule has 0 fully saturated rings. The average molecular weight is 377 g/mol. The van der Waals surface area contributed by atoms with Crippen LogP contribution in [-0.4, -0.2) is 49.9 Å². The van der Waals surface area contributed by atoms with Crippen LogP contribution in [0.4, 0.5) is 0 Å². The predicted octanol–water partition coefficient (Wildman–Crippen LogP) is 0.164. The van der Waals surface area contributed by atoms with E-state index in [4.69, 9.17) is 4.74 Å². The zero-order chi connectivity index (χ0) is 20.4. The normalized spacial score (nSPS) is 14.0. The summed E-state index contributed by atoms with van der Waals surface area (Å²) in [5.74, 6) is -2.09. The molecule has 8 nitrogen and oxygen atoms in total. The molecule has 27 heavy (non-hydrogen) atoms. The topological polar surface area (TPSA) is 114 Å². The Labute approximate surface area is 159 Å². The van der Waals surface area contributed by atoms with E-state index in [0.717, 1.165) is 5.56 Å². The number of nitrogens with one attached hydrogen (secondary N) is 3. The number of rotatable bonds is 10. The number of benzene rings is 1. The van der Waals surface area contributed by atoms with Gasteiger partial charge in [0.1, 0.15) is 6.04 Å². The molecule has 0 bridgehead atoms. The lowest BCUT2D eigenvalue weighted by Crippen LogP contribution is -2.63. The SMILES string of the molecule is CNC(=O)[C@H](Cc1ccccc1)NC(=O)[C@](CC(C)C)(NC(=O)C=O)OC. The summed E-state index contributed by atoms with van der Waals surface area (Å²) in [7, 11) is 2.73. The molecule has 0 heterocycles. The van der Waals surface area contributed by atoms with E-state index in [-0.39, 0.29) is 31.0 Å². The van der Waals surface area contributed by atoms with Crippen LogP contribution >= 0.6 is 0 Å². The second-order valence-corrected chi connectivity index (χ2v) is 6.57. The highest BCUT2D eigenvalue weighted by Gasteiger charge is 2.42. The second-order valence-electron chi connectivity index (χ2n) is 6.57. The fourth-order valence-corrected chi connectivity index (χ4v) is 2.74. The van der Waals surface area contributed by atoms with Gasteiger partial charge in [0.15, 0.2) is 0 Å². The Morgan fingerprint density at radius 3 is 2.30 bits per heavy atom. The van der Waals surface area contributed by atoms with Crippen LogP contribution in [0, 0.1) is 5.92 Å². The van der Waals surface area contributed by atoms with Crippen molar-refractivity contribution in [2.45, 2.75) is 38.5 Å². The first kappa shape index (κ1) is 22.3. The van der Waals surface area contributed by atoms with Crippen LogP contribution in [0.3, 0.4) is 0 Å². The molecule has 0 saturated carbocycles. The Hall–Kier alpha value is -2.74. The van der Waals surface area contributed by atoms with Gasteiger partial charge in [0.05, 0.1) is 0 Å². The van der Waals surface area contributed by atoms with E-state index in [1.807, 2.05) is 44.2 Å². The van der Waals surface area contributed by atoms with E-state index < -0.39 is 23.6 Å². The number of amides is 3. The summed E-state index contributed by atoms with van der Waals surface area (Å²) in [5, 5.41) is 7.47. The summed E-state index contributed by atoms with van der Waals surface area (Å²) in [6, 6.07) is 8.33. The maximum Gasteiger partial charge on any atom is 0.286 e. The summed E-state index contributed by atoms with van der Waals surface area (Å²) >= 11 is 0. The fourth-order valence-electron chi connectivity index (χ4n) is 2.74. The standard InChI is InChI=1S/C19H27N3O5/c1-13(2)11-19(27-4,22-16(24)12-23)18(26)21-15(17(25)20-3)10-14-8-6-5-7-9-14/h5-9,12-13,15H,10-11H2,1-4H3,(H,20,25)(H,21,26)(H,22,24)/t15-,19+/m0/s1. The van der Waals surface area contributed by atoms with Gasteiger partial charge in [-0.2, -0.15) is 0 Å². The van der Waals surface area contributed by atoms with Gasteiger partial charge in [-0.15, -0.1) is 0 Å². The number of carbonyl (C=O) groups excluding carboxylic acids is 4. The summed E-state index contributed by atoms with van der Waals surface area (Å²) in [4.78, 5) is 47.6. The van der Waals surface area contributed by atoms with Gasteiger partial charge in [-0.1, -0.05) is 44.2 Å². The Kier molecular flexibility index (Phi) is 8.61. The van der Waals surface area contributed by atoms with Crippen molar-refractivity contribution in [3.05, 3.63) is 35.9 Å². The second kappa shape index (κ2) is 10.4. The minimum absolute atomic E-state index is 0.0322. The molecule has 3 amide bonds. The first-order valence-corrected chi connectivity index (χ1v) is 8.67. The average Bonchev–Trinajstić information content (AvgIpc) is 2.66. The Bertz CT molecular complexity index is 663. The Morgan fingerprint density at radius 2 is 1.81 bits per heavy atom. The molecular formula is C19H27N3O5. The van der Waals surface area contributed by atoms with Gasteiger partial charge < -0.3 is 20.7 Å². The lowest BCUT2D eigenvalue weighted by molar-refractivity contribution is -0.158. The van der Waals surface area contributed by atoms with Crippen molar-refractivity contribution >= 4 is 24.0 Å². The first-order chi connectivity index (χ1) is 12.8. The molecule has 1 rings (SSSR count). The third-order valence-corrected chi connectivity index (χ3v) is 3.99. The number of ether oxygens (including phenoxy) is 1. The zero-order valence-corrected chi connectivity index (χ0v) is 16.1. The Morgan fingerprint density at radius 1 is 1.19 bits per heavy atom. The van der Waals surface area contributed by atoms with Crippen LogP contribution in [0.15, 0.2) is 30.3 Å². The molecular weight excluding hydrogens is 350 g/mol. The fraction of sp³-hybridized carbons (Fsp3) is 0.474. The maximum atomic E-state index is 13.0. The molecule has 0 aromatic heterocycles. The smallest absolute Gasteiger partial charge is 0.286 e. The summed E-state index contributed by atoms with van der Waals surface area (Å²) in [6.45, 7) is 3.68. The van der Waals surface area contributed by atoms with Crippen molar-refractivity contribution in [3.8, 4) is 0 Å². The number of carbonyl (C=O) groups is 4. The predicted molar refractivity (Wildman–Crippen MR) is 99.5 cm³/mol. The number of aldehydes is 1. The van der Waals surface area contributed by atoms with Gasteiger partial charge in [0.2, 0.25) is 17.9 Å². The van der Waals surface area contributed by atoms with Gasteiger partial charge in [-0.3, -0.25) is 19.2 Å². The van der Waals surface area contributed by atoms with Crippen molar-refractivity contribution in [3.63, 3.8) is 0 Å². The van der Waals surface area contributed by atoms with E-state index in [0.29, 0.717) is 0 Å². The minimum Gasteiger partial charge on any atom is -0.357 e. The first-order valence-electron chi connectivity index (χ1n) is 8.67. The van der Waals surface area contributed by atoms with Crippen molar-refractivity contribution in [2.75, 3.05) is 14.2 Å². The monoisotopic (exact) mass is 377 g/mol. The van der Waals surface area contributed by atoms with Crippen molar-refractivity contribution in [2.24, 2.45) is 5.92 Å². The van der Waals surface area contributed by atoms with E-state index in [9.17, 15) is 19.2 Å². The van der Waals surface area contributed by atoms with E-state index in [1.54, 1.807) is 0 Å². The molecule has 0 unspecified atom stereocenters. The van der Waals surface area contributed by atoms with Gasteiger partial charge >= 0.3 is 0 Å². The molecule has 0 aliphatic heterocycles. The van der Waals surface area contributed by atoms with E-state index in [2.05, 4.69) is 16.0 Å². The highest BCUT2D eigenvalue weighted by Crippen LogP contribution is 2.19. The lowest BCUT2D eigenvalue weighted by atomic mass is 9.97. The highest BCUT2D eigenvalue weighted by atomic mass is 16.5. The van der Waals surface area contributed by atoms with Crippen LogP contribution in [0.25, 0.3) is 0 Å². The molecule has 0 saturated heterocycles. The lowest BCUT2D eigenvalue weighted by Gasteiger charge is -2.34. The molecule has 3 N–H and O–H groups in total. The molecule has 2 atom stereocenters. The molecule has 0 aliphatic rings. The molecule has 1 aromatic rings. The zero-order valence-electron chi connectivity index (χ0n) is 16.1. The van der Waals surface area contributed by atoms with Crippen LogP contribution in [-0.2, 0) is 30.3 Å². The van der Waals surface area contributed by atoms with Crippen LogP contribution in [0.5, 0.6) is 0 Å². The van der Waals surface area contributed by atoms with Gasteiger partial charge in [-0.05, 0) is 11.5 Å². The third kappa shape index (κ3) is 6.49. The quantitative estimate of drug-likeness (QED) is 0.305. The van der Waals surface area contributed by atoms with Crippen molar-refractivity contribution in [1.29, 1.82) is 0 Å². The van der Waals surface area contributed by atoms with Gasteiger partial charge in [0.25, 0.3) is 11.8 Å². The minimum atomic E-state index is -1.75. The van der Waals surface area contributed by atoms with Gasteiger partial charge in [-0.25, -0.2) is 0 Å². The summed E-state index contributed by atoms with van der Waals surface area (Å²) < 4.78 is 5.31. The molecule has 0 aliphatic carbocycles. The van der Waals surface area contributed by atoms with E-state index in [1.165, 1.54) is 14.2 Å². The highest BCUT2D eigenvalue weighted by molar-refractivity contribution is 6.24.